The summed E-state index contributed by atoms with van der Waals surface area (Å²) in [5.41, 5.74) is 0.836. The van der Waals surface area contributed by atoms with Gasteiger partial charge in [-0.25, -0.2) is 4.79 Å². The van der Waals surface area contributed by atoms with Gasteiger partial charge in [0.05, 0.1) is 11.7 Å². The van der Waals surface area contributed by atoms with Crippen LogP contribution in [-0.2, 0) is 0 Å². The average Bonchev–Trinajstić information content (AvgIpc) is 2.53. The Labute approximate surface area is 123 Å². The van der Waals surface area contributed by atoms with Crippen LogP contribution < -0.4 is 10.6 Å². The quantitative estimate of drug-likeness (QED) is 0.810. The van der Waals surface area contributed by atoms with Crippen LogP contribution in [0.5, 0.6) is 0 Å². The minimum absolute atomic E-state index is 0.254. The molecule has 1 saturated heterocycles. The third-order valence-electron chi connectivity index (χ3n) is 4.13. The van der Waals surface area contributed by atoms with Crippen molar-refractivity contribution in [1.29, 1.82) is 0 Å². The summed E-state index contributed by atoms with van der Waals surface area (Å²) in [5, 5.41) is 17.3. The van der Waals surface area contributed by atoms with E-state index >= 15 is 0 Å². The zero-order chi connectivity index (χ0) is 14.7. The molecule has 0 bridgehead atoms. The maximum atomic E-state index is 11.2. The first-order valence-corrected chi connectivity index (χ1v) is 7.29. The predicted octanol–water partition coefficient (Wildman–Crippen LogP) is 2.54. The molecule has 1 aliphatic heterocycles. The molecule has 3 rings (SSSR count). The largest absolute Gasteiger partial charge is 0.465 e. The first kappa shape index (κ1) is 13.8. The number of hydrogen-bond donors (Lipinski definition) is 3. The van der Waals surface area contributed by atoms with Gasteiger partial charge in [0.2, 0.25) is 0 Å². The van der Waals surface area contributed by atoms with E-state index in [-0.39, 0.29) is 12.0 Å². The molecule has 5 nitrogen and oxygen atoms in total. The minimum atomic E-state index is -0.992. The van der Waals surface area contributed by atoms with Gasteiger partial charge in [-0.3, -0.25) is 4.98 Å². The number of aromatic nitrogens is 1. The summed E-state index contributed by atoms with van der Waals surface area (Å²) in [7, 11) is 0. The van der Waals surface area contributed by atoms with Crippen LogP contribution in [0.1, 0.15) is 24.6 Å². The Balaban J connectivity index is 2.02. The van der Waals surface area contributed by atoms with Crippen LogP contribution >= 0.6 is 0 Å². The Morgan fingerprint density at radius 3 is 2.81 bits per heavy atom. The smallest absolute Gasteiger partial charge is 0.405 e. The average molecular weight is 285 g/mol. The van der Waals surface area contributed by atoms with Crippen LogP contribution in [0.25, 0.3) is 10.8 Å². The summed E-state index contributed by atoms with van der Waals surface area (Å²) in [6, 6.07) is 9.69. The molecule has 1 amide bonds. The Morgan fingerprint density at radius 1 is 1.29 bits per heavy atom. The summed E-state index contributed by atoms with van der Waals surface area (Å²) in [6.45, 7) is 1.85. The zero-order valence-electron chi connectivity index (χ0n) is 11.7. The van der Waals surface area contributed by atoms with Crippen molar-refractivity contribution in [3.63, 3.8) is 0 Å². The molecule has 2 heterocycles. The molecule has 2 aromatic rings. The molecular weight excluding hydrogens is 266 g/mol. The number of amides is 1. The fourth-order valence-corrected chi connectivity index (χ4v) is 3.11. The summed E-state index contributed by atoms with van der Waals surface area (Å²) in [4.78, 5) is 15.7. The maximum absolute atomic E-state index is 11.2. The summed E-state index contributed by atoms with van der Waals surface area (Å²) < 4.78 is 0. The Hall–Kier alpha value is -2.14. The van der Waals surface area contributed by atoms with E-state index in [2.05, 4.69) is 15.6 Å². The van der Waals surface area contributed by atoms with Gasteiger partial charge < -0.3 is 15.7 Å². The van der Waals surface area contributed by atoms with Crippen molar-refractivity contribution in [2.24, 2.45) is 5.92 Å². The summed E-state index contributed by atoms with van der Waals surface area (Å²) >= 11 is 0. The Bertz CT molecular complexity index is 633. The first-order valence-electron chi connectivity index (χ1n) is 7.29. The van der Waals surface area contributed by atoms with E-state index in [4.69, 9.17) is 0 Å². The topological polar surface area (TPSA) is 74.2 Å². The molecule has 1 atom stereocenters. The maximum Gasteiger partial charge on any atom is 0.405 e. The van der Waals surface area contributed by atoms with Crippen LogP contribution in [0.15, 0.2) is 36.5 Å². The highest BCUT2D eigenvalue weighted by molar-refractivity contribution is 5.85. The molecular formula is C16H19N3O2. The molecule has 110 valence electrons. The number of benzene rings is 1. The number of nitrogens with one attached hydrogen (secondary N) is 2. The lowest BCUT2D eigenvalue weighted by atomic mass is 9.86. The van der Waals surface area contributed by atoms with E-state index in [9.17, 15) is 9.90 Å². The normalized spacial score (nSPS) is 17.5. The molecule has 1 aromatic heterocycles. The monoisotopic (exact) mass is 285 g/mol. The van der Waals surface area contributed by atoms with Crippen molar-refractivity contribution in [3.8, 4) is 0 Å². The van der Waals surface area contributed by atoms with Crippen molar-refractivity contribution in [3.05, 3.63) is 42.2 Å². The molecule has 0 spiro atoms. The third-order valence-corrected chi connectivity index (χ3v) is 4.13. The van der Waals surface area contributed by atoms with E-state index < -0.39 is 6.09 Å². The van der Waals surface area contributed by atoms with Gasteiger partial charge >= 0.3 is 6.09 Å². The van der Waals surface area contributed by atoms with Crippen LogP contribution in [0.2, 0.25) is 0 Å². The molecule has 0 saturated carbocycles. The first-order chi connectivity index (χ1) is 10.3. The van der Waals surface area contributed by atoms with Gasteiger partial charge in [-0.1, -0.05) is 24.3 Å². The number of carboxylic acid groups (broad SMARTS) is 1. The van der Waals surface area contributed by atoms with Gasteiger partial charge in [0.1, 0.15) is 0 Å². The van der Waals surface area contributed by atoms with Gasteiger partial charge in [-0.15, -0.1) is 0 Å². The summed E-state index contributed by atoms with van der Waals surface area (Å²) in [5.74, 6) is 0.278. The molecule has 1 unspecified atom stereocenters. The highest BCUT2D eigenvalue weighted by Crippen LogP contribution is 2.31. The second-order valence-corrected chi connectivity index (χ2v) is 5.43. The highest BCUT2D eigenvalue weighted by Gasteiger charge is 2.28. The van der Waals surface area contributed by atoms with E-state index in [1.165, 1.54) is 0 Å². The van der Waals surface area contributed by atoms with Crippen LogP contribution in [-0.4, -0.2) is 29.3 Å². The Morgan fingerprint density at radius 2 is 2.05 bits per heavy atom. The number of fused-ring (bicyclic) bond motifs is 1. The zero-order valence-corrected chi connectivity index (χ0v) is 11.7. The molecule has 1 aromatic carbocycles. The summed E-state index contributed by atoms with van der Waals surface area (Å²) in [6.07, 6.45) is 2.68. The molecule has 5 heteroatoms. The van der Waals surface area contributed by atoms with E-state index in [0.29, 0.717) is 0 Å². The Kier molecular flexibility index (Phi) is 4.01. The number of pyridine rings is 1. The third kappa shape index (κ3) is 2.97. The number of nitrogens with zero attached hydrogens (tertiary/aromatic N) is 1. The van der Waals surface area contributed by atoms with Gasteiger partial charge in [-0.05, 0) is 43.3 Å². The number of piperidine rings is 1. The lowest BCUT2D eigenvalue weighted by Gasteiger charge is -2.30. The van der Waals surface area contributed by atoms with Crippen molar-refractivity contribution < 1.29 is 9.90 Å². The van der Waals surface area contributed by atoms with E-state index in [1.807, 2.05) is 30.3 Å². The van der Waals surface area contributed by atoms with Crippen molar-refractivity contribution >= 4 is 16.9 Å². The van der Waals surface area contributed by atoms with Crippen LogP contribution in [0.4, 0.5) is 4.79 Å². The molecule has 0 radical (unpaired) electrons. The number of carbonyl (C=O) groups is 1. The molecule has 0 aliphatic carbocycles. The molecule has 3 N–H and O–H groups in total. The molecule has 1 aliphatic rings. The highest BCUT2D eigenvalue weighted by atomic mass is 16.4. The molecule has 21 heavy (non-hydrogen) atoms. The van der Waals surface area contributed by atoms with Gasteiger partial charge in [0, 0.05) is 11.6 Å². The van der Waals surface area contributed by atoms with Crippen LogP contribution in [0.3, 0.4) is 0 Å². The van der Waals surface area contributed by atoms with Crippen molar-refractivity contribution in [2.75, 3.05) is 13.1 Å². The van der Waals surface area contributed by atoms with E-state index in [1.54, 1.807) is 6.20 Å². The number of hydrogen-bond acceptors (Lipinski definition) is 3. The van der Waals surface area contributed by atoms with Crippen LogP contribution in [0, 0.1) is 5.92 Å². The second-order valence-electron chi connectivity index (χ2n) is 5.43. The standard InChI is InChI=1S/C16H19N3O2/c20-16(21)19-14(12-5-8-17-9-6-12)15-13-4-2-1-3-11(13)7-10-18-15/h1-4,7,10,12,14,17,19H,5-6,8-9H2,(H,20,21). The lowest BCUT2D eigenvalue weighted by Crippen LogP contribution is -2.38. The predicted molar refractivity (Wildman–Crippen MR) is 81.2 cm³/mol. The van der Waals surface area contributed by atoms with Gasteiger partial charge in [0.25, 0.3) is 0 Å². The number of rotatable bonds is 3. The second kappa shape index (κ2) is 6.10. The minimum Gasteiger partial charge on any atom is -0.465 e. The van der Waals surface area contributed by atoms with Gasteiger partial charge in [0.15, 0.2) is 0 Å². The van der Waals surface area contributed by atoms with E-state index in [0.717, 1.165) is 42.4 Å². The van der Waals surface area contributed by atoms with Gasteiger partial charge in [-0.2, -0.15) is 0 Å². The molecule has 1 fully saturated rings. The van der Waals surface area contributed by atoms with Crippen molar-refractivity contribution in [2.45, 2.75) is 18.9 Å². The fourth-order valence-electron chi connectivity index (χ4n) is 3.11. The SMILES string of the molecule is O=C(O)NC(c1nccc2ccccc12)C1CCNCC1. The lowest BCUT2D eigenvalue weighted by molar-refractivity contribution is 0.179. The van der Waals surface area contributed by atoms with Crippen molar-refractivity contribution in [1.82, 2.24) is 15.6 Å². The fraction of sp³-hybridized carbons (Fsp3) is 0.375.